The molecule has 0 aliphatic carbocycles. The fourth-order valence-corrected chi connectivity index (χ4v) is 3.25. The van der Waals surface area contributed by atoms with E-state index in [-0.39, 0.29) is 40.8 Å². The van der Waals surface area contributed by atoms with Crippen LogP contribution in [0.25, 0.3) is 0 Å². The number of amides is 1. The molecule has 9 heteroatoms. The van der Waals surface area contributed by atoms with Crippen molar-refractivity contribution in [2.24, 2.45) is 5.92 Å². The number of hydrogen-bond donors (Lipinski definition) is 2. The summed E-state index contributed by atoms with van der Waals surface area (Å²) in [6.45, 7) is 1.63. The van der Waals surface area contributed by atoms with Crippen LogP contribution in [0.5, 0.6) is 5.75 Å². The Balaban J connectivity index is 2.03. The third-order valence-electron chi connectivity index (χ3n) is 4.66. The summed E-state index contributed by atoms with van der Waals surface area (Å²) in [6, 6.07) is 2.63. The van der Waals surface area contributed by atoms with Crippen molar-refractivity contribution in [1.82, 2.24) is 10.2 Å². The molecule has 27 heavy (non-hydrogen) atoms. The van der Waals surface area contributed by atoms with Crippen LogP contribution < -0.4 is 15.8 Å². The number of carbonyl (C=O) groups is 3. The van der Waals surface area contributed by atoms with Gasteiger partial charge in [-0.15, -0.1) is 0 Å². The van der Waals surface area contributed by atoms with E-state index in [1.807, 2.05) is 4.90 Å². The molecule has 1 amide bonds. The molecular formula is C18H24ClN3O5. The second-order valence-corrected chi connectivity index (χ2v) is 6.78. The van der Waals surface area contributed by atoms with Gasteiger partial charge in [-0.3, -0.25) is 9.59 Å². The molecule has 1 aromatic rings. The van der Waals surface area contributed by atoms with Gasteiger partial charge in [-0.1, -0.05) is 11.6 Å². The highest BCUT2D eigenvalue weighted by molar-refractivity contribution is 6.33. The number of esters is 1. The molecule has 2 rings (SSSR count). The minimum Gasteiger partial charge on any atom is -0.496 e. The number of methoxy groups -OCH3 is 2. The molecule has 0 unspecified atom stereocenters. The van der Waals surface area contributed by atoms with Crippen molar-refractivity contribution in [2.75, 3.05) is 39.6 Å². The number of nitrogens with two attached hydrogens (primary N) is 1. The van der Waals surface area contributed by atoms with Gasteiger partial charge in [-0.05, 0) is 12.5 Å². The average molecular weight is 398 g/mol. The highest BCUT2D eigenvalue weighted by atomic mass is 35.5. The summed E-state index contributed by atoms with van der Waals surface area (Å²) in [5, 5.41) is 3.14. The number of nitrogen functional groups attached to an aromatic ring is 1. The molecule has 1 saturated heterocycles. The van der Waals surface area contributed by atoms with E-state index in [9.17, 15) is 14.4 Å². The fourth-order valence-electron chi connectivity index (χ4n) is 3.09. The average Bonchev–Trinajstić information content (AvgIpc) is 2.68. The number of nitrogens with zero attached hydrogens (tertiary/aromatic N) is 1. The van der Waals surface area contributed by atoms with Crippen molar-refractivity contribution in [3.05, 3.63) is 22.7 Å². The lowest BCUT2D eigenvalue weighted by Gasteiger charge is -2.36. The van der Waals surface area contributed by atoms with E-state index in [4.69, 9.17) is 22.1 Å². The van der Waals surface area contributed by atoms with E-state index >= 15 is 0 Å². The predicted molar refractivity (Wildman–Crippen MR) is 101 cm³/mol. The van der Waals surface area contributed by atoms with Crippen LogP contribution in [0.4, 0.5) is 5.69 Å². The SMILES string of the molecule is COC(=O)CCN1CC[C@@H](NC(=O)c2cc(Cl)c(N)cc2OC)[C@@H](C=O)C1. The summed E-state index contributed by atoms with van der Waals surface area (Å²) in [4.78, 5) is 37.5. The van der Waals surface area contributed by atoms with Crippen molar-refractivity contribution >= 4 is 35.5 Å². The fraction of sp³-hybridized carbons (Fsp3) is 0.500. The number of aldehydes is 1. The van der Waals surface area contributed by atoms with Crippen molar-refractivity contribution in [3.8, 4) is 5.75 Å². The van der Waals surface area contributed by atoms with Crippen LogP contribution in [-0.4, -0.2) is 63.0 Å². The zero-order valence-electron chi connectivity index (χ0n) is 15.4. The maximum absolute atomic E-state index is 12.7. The Labute approximate surface area is 162 Å². The standard InChI is InChI=1S/C18H24ClN3O5/c1-26-16-8-14(20)13(19)7-12(16)18(25)21-15-3-5-22(9-11(15)10-23)6-4-17(24)27-2/h7-8,10-11,15H,3-6,9,20H2,1-2H3,(H,21,25)/t11-,15-/m1/s1. The smallest absolute Gasteiger partial charge is 0.306 e. The zero-order valence-corrected chi connectivity index (χ0v) is 16.1. The number of anilines is 1. The number of likely N-dealkylation sites (tertiary alicyclic amines) is 1. The second kappa shape index (κ2) is 9.57. The van der Waals surface area contributed by atoms with Gasteiger partial charge in [0.15, 0.2) is 0 Å². The van der Waals surface area contributed by atoms with Crippen LogP contribution in [0.1, 0.15) is 23.2 Å². The molecule has 2 atom stereocenters. The Morgan fingerprint density at radius 1 is 1.41 bits per heavy atom. The molecule has 0 aromatic heterocycles. The third-order valence-corrected chi connectivity index (χ3v) is 4.98. The molecule has 1 fully saturated rings. The Morgan fingerprint density at radius 3 is 2.78 bits per heavy atom. The summed E-state index contributed by atoms with van der Waals surface area (Å²) >= 11 is 6.02. The quantitative estimate of drug-likeness (QED) is 0.402. The van der Waals surface area contributed by atoms with Crippen LogP contribution in [0, 0.1) is 5.92 Å². The summed E-state index contributed by atoms with van der Waals surface area (Å²) in [6.07, 6.45) is 1.68. The van der Waals surface area contributed by atoms with E-state index in [1.165, 1.54) is 26.4 Å². The number of ether oxygens (including phenoxy) is 2. The Hall–Kier alpha value is -2.32. The van der Waals surface area contributed by atoms with Crippen molar-refractivity contribution in [3.63, 3.8) is 0 Å². The monoisotopic (exact) mass is 397 g/mol. The number of benzene rings is 1. The van der Waals surface area contributed by atoms with Gasteiger partial charge in [0.1, 0.15) is 12.0 Å². The minimum atomic E-state index is -0.381. The zero-order chi connectivity index (χ0) is 20.0. The van der Waals surface area contributed by atoms with Crippen LogP contribution in [0.2, 0.25) is 5.02 Å². The maximum atomic E-state index is 12.7. The molecule has 8 nitrogen and oxygen atoms in total. The van der Waals surface area contributed by atoms with Gasteiger partial charge >= 0.3 is 5.97 Å². The number of piperidine rings is 1. The van der Waals surface area contributed by atoms with Crippen LogP contribution >= 0.6 is 11.6 Å². The van der Waals surface area contributed by atoms with Crippen LogP contribution in [0.3, 0.4) is 0 Å². The number of nitrogens with one attached hydrogen (secondary N) is 1. The van der Waals surface area contributed by atoms with Crippen LogP contribution in [0.15, 0.2) is 12.1 Å². The molecule has 1 heterocycles. The molecular weight excluding hydrogens is 374 g/mol. The molecule has 0 saturated carbocycles. The van der Waals surface area contributed by atoms with Crippen molar-refractivity contribution in [1.29, 1.82) is 0 Å². The van der Waals surface area contributed by atoms with Crippen molar-refractivity contribution in [2.45, 2.75) is 18.9 Å². The predicted octanol–water partition coefficient (Wildman–Crippen LogP) is 1.11. The number of halogens is 1. The first-order valence-electron chi connectivity index (χ1n) is 8.58. The van der Waals surface area contributed by atoms with Crippen molar-refractivity contribution < 1.29 is 23.9 Å². The number of carbonyl (C=O) groups excluding carboxylic acids is 3. The maximum Gasteiger partial charge on any atom is 0.306 e. The molecule has 148 valence electrons. The van der Waals surface area contributed by atoms with Gasteiger partial charge in [0.2, 0.25) is 0 Å². The van der Waals surface area contributed by atoms with Gasteiger partial charge in [0, 0.05) is 37.7 Å². The number of hydrogen-bond acceptors (Lipinski definition) is 7. The lowest BCUT2D eigenvalue weighted by atomic mass is 9.92. The van der Waals surface area contributed by atoms with Gasteiger partial charge in [0.25, 0.3) is 5.91 Å². The molecule has 1 aliphatic heterocycles. The molecule has 0 bridgehead atoms. The van der Waals surface area contributed by atoms with E-state index in [2.05, 4.69) is 10.1 Å². The van der Waals surface area contributed by atoms with Gasteiger partial charge in [-0.25, -0.2) is 0 Å². The van der Waals surface area contributed by atoms with Crippen LogP contribution in [-0.2, 0) is 14.3 Å². The highest BCUT2D eigenvalue weighted by Crippen LogP contribution is 2.29. The lowest BCUT2D eigenvalue weighted by molar-refractivity contribution is -0.141. The van der Waals surface area contributed by atoms with Gasteiger partial charge in [-0.2, -0.15) is 0 Å². The van der Waals surface area contributed by atoms with E-state index < -0.39 is 0 Å². The second-order valence-electron chi connectivity index (χ2n) is 6.37. The largest absolute Gasteiger partial charge is 0.496 e. The summed E-state index contributed by atoms with van der Waals surface area (Å²) < 4.78 is 9.84. The first-order chi connectivity index (χ1) is 12.9. The minimum absolute atomic E-state index is 0.255. The van der Waals surface area contributed by atoms with Gasteiger partial charge < -0.3 is 30.2 Å². The third kappa shape index (κ3) is 5.33. The molecule has 0 spiro atoms. The van der Waals surface area contributed by atoms with E-state index in [1.54, 1.807) is 0 Å². The topological polar surface area (TPSA) is 111 Å². The Kier molecular flexibility index (Phi) is 7.44. The molecule has 0 radical (unpaired) electrons. The summed E-state index contributed by atoms with van der Waals surface area (Å²) in [7, 11) is 2.78. The molecule has 3 N–H and O–H groups in total. The first kappa shape index (κ1) is 21.0. The normalized spacial score (nSPS) is 20.0. The summed E-state index contributed by atoms with van der Waals surface area (Å²) in [5.74, 6) is -0.739. The highest BCUT2D eigenvalue weighted by Gasteiger charge is 2.31. The molecule has 1 aromatic carbocycles. The van der Waals surface area contributed by atoms with E-state index in [0.717, 1.165) is 6.29 Å². The first-order valence-corrected chi connectivity index (χ1v) is 8.95. The molecule has 1 aliphatic rings. The number of rotatable bonds is 7. The Bertz CT molecular complexity index is 712. The van der Waals surface area contributed by atoms with Gasteiger partial charge in [0.05, 0.1) is 36.9 Å². The lowest BCUT2D eigenvalue weighted by Crippen LogP contribution is -2.51. The Morgan fingerprint density at radius 2 is 2.15 bits per heavy atom. The van der Waals surface area contributed by atoms with E-state index in [0.29, 0.717) is 37.5 Å². The summed E-state index contributed by atoms with van der Waals surface area (Å²) in [5.41, 5.74) is 6.31.